The molecule has 0 fully saturated rings. The largest absolute Gasteiger partial charge is 0.388 e. The van der Waals surface area contributed by atoms with Crippen molar-refractivity contribution < 1.29 is 0 Å². The Morgan fingerprint density at radius 3 is 1.80 bits per heavy atom. The van der Waals surface area contributed by atoms with E-state index in [4.69, 9.17) is 7.85 Å². The zero-order chi connectivity index (χ0) is 10.4. The van der Waals surface area contributed by atoms with E-state index in [1.807, 2.05) is 7.05 Å². The molecule has 0 amide bonds. The molecule has 0 heterocycles. The monoisotopic (exact) mass is 197 g/mol. The van der Waals surface area contributed by atoms with Gasteiger partial charge in [-0.15, -0.1) is 0 Å². The summed E-state index contributed by atoms with van der Waals surface area (Å²) in [5.74, 6) is 0. The molecule has 2 heteroatoms. The first-order valence-corrected chi connectivity index (χ1v) is 5.95. The lowest BCUT2D eigenvalue weighted by Crippen LogP contribution is -2.18. The van der Waals surface area contributed by atoms with Crippen LogP contribution in [-0.4, -0.2) is 14.9 Å². The van der Waals surface area contributed by atoms with Crippen LogP contribution in [0.4, 0.5) is 5.69 Å². The fourth-order valence-corrected chi connectivity index (χ4v) is 3.30. The summed E-state index contributed by atoms with van der Waals surface area (Å²) in [5, 5.41) is 3.40. The van der Waals surface area contributed by atoms with Crippen molar-refractivity contribution in [1.82, 2.24) is 0 Å². The molecule has 2 aliphatic carbocycles. The van der Waals surface area contributed by atoms with Crippen molar-refractivity contribution in [1.29, 1.82) is 0 Å². The van der Waals surface area contributed by atoms with Gasteiger partial charge in [0.1, 0.15) is 7.85 Å². The van der Waals surface area contributed by atoms with Crippen molar-refractivity contribution in [3.05, 3.63) is 22.3 Å². The highest BCUT2D eigenvalue weighted by Crippen LogP contribution is 2.36. The van der Waals surface area contributed by atoms with Gasteiger partial charge in [-0.1, -0.05) is 5.46 Å². The number of benzene rings is 1. The van der Waals surface area contributed by atoms with E-state index in [9.17, 15) is 0 Å². The summed E-state index contributed by atoms with van der Waals surface area (Å²) in [6, 6.07) is 0. The molecule has 0 bridgehead atoms. The number of rotatable bonds is 1. The Morgan fingerprint density at radius 1 is 0.867 bits per heavy atom. The summed E-state index contributed by atoms with van der Waals surface area (Å²) in [6.45, 7) is 0. The van der Waals surface area contributed by atoms with Crippen molar-refractivity contribution in [2.45, 2.75) is 38.5 Å². The van der Waals surface area contributed by atoms with Gasteiger partial charge < -0.3 is 5.32 Å². The molecular weight excluding hydrogens is 181 g/mol. The van der Waals surface area contributed by atoms with Gasteiger partial charge >= 0.3 is 0 Å². The summed E-state index contributed by atoms with van der Waals surface area (Å²) in [6.07, 6.45) is 7.34. The Hall–Kier alpha value is -0.915. The van der Waals surface area contributed by atoms with Gasteiger partial charge in [-0.25, -0.2) is 0 Å². The van der Waals surface area contributed by atoms with E-state index in [0.29, 0.717) is 0 Å². The van der Waals surface area contributed by atoms with Gasteiger partial charge in [0.15, 0.2) is 0 Å². The molecule has 15 heavy (non-hydrogen) atoms. The van der Waals surface area contributed by atoms with Gasteiger partial charge in [-0.2, -0.15) is 0 Å². The highest BCUT2D eigenvalue weighted by Gasteiger charge is 2.25. The minimum absolute atomic E-state index is 1.12. The van der Waals surface area contributed by atoms with E-state index in [0.717, 1.165) is 5.46 Å². The van der Waals surface area contributed by atoms with E-state index in [-0.39, 0.29) is 0 Å². The zero-order valence-corrected chi connectivity index (χ0v) is 9.32. The molecule has 76 valence electrons. The Labute approximate surface area is 92.7 Å². The molecule has 0 saturated heterocycles. The van der Waals surface area contributed by atoms with Crippen LogP contribution in [0.3, 0.4) is 0 Å². The van der Waals surface area contributed by atoms with Crippen molar-refractivity contribution in [3.63, 3.8) is 0 Å². The second kappa shape index (κ2) is 3.29. The Kier molecular flexibility index (Phi) is 2.05. The highest BCUT2D eigenvalue weighted by atomic mass is 14.8. The lowest BCUT2D eigenvalue weighted by molar-refractivity contribution is 0.900. The number of fused-ring (bicyclic) bond motifs is 2. The van der Waals surface area contributed by atoms with Crippen LogP contribution in [0, 0.1) is 0 Å². The lowest BCUT2D eigenvalue weighted by Gasteiger charge is -2.18. The predicted molar refractivity (Wildman–Crippen MR) is 65.4 cm³/mol. The highest BCUT2D eigenvalue weighted by molar-refractivity contribution is 6.35. The third-order valence-corrected chi connectivity index (χ3v) is 3.94. The molecule has 1 aromatic rings. The smallest absolute Gasteiger partial charge is 0.114 e. The SMILES string of the molecule is [B]c1c2c(c(NC)c3c1CCC3)CCC2. The second-order valence-electron chi connectivity index (χ2n) is 4.66. The average molecular weight is 197 g/mol. The molecule has 1 nitrogen and oxygen atoms in total. The number of hydrogen-bond donors (Lipinski definition) is 1. The van der Waals surface area contributed by atoms with Crippen LogP contribution in [0.1, 0.15) is 35.1 Å². The Bertz CT molecular complexity index is 388. The maximum atomic E-state index is 6.28. The van der Waals surface area contributed by atoms with E-state index < -0.39 is 0 Å². The van der Waals surface area contributed by atoms with Gasteiger partial charge in [0.25, 0.3) is 0 Å². The molecule has 3 rings (SSSR count). The number of anilines is 1. The Morgan fingerprint density at radius 2 is 1.33 bits per heavy atom. The van der Waals surface area contributed by atoms with Crippen molar-refractivity contribution in [2.75, 3.05) is 12.4 Å². The van der Waals surface area contributed by atoms with Crippen LogP contribution in [0.15, 0.2) is 0 Å². The lowest BCUT2D eigenvalue weighted by atomic mass is 9.81. The van der Waals surface area contributed by atoms with Crippen LogP contribution in [0.5, 0.6) is 0 Å². The van der Waals surface area contributed by atoms with Gasteiger partial charge in [0.05, 0.1) is 0 Å². The fourth-order valence-electron chi connectivity index (χ4n) is 3.30. The van der Waals surface area contributed by atoms with Gasteiger partial charge in [0.2, 0.25) is 0 Å². The molecule has 2 aliphatic rings. The first-order valence-electron chi connectivity index (χ1n) is 5.95. The molecule has 2 radical (unpaired) electrons. The summed E-state index contributed by atoms with van der Waals surface area (Å²) in [7, 11) is 8.33. The van der Waals surface area contributed by atoms with Crippen LogP contribution in [0.2, 0.25) is 0 Å². The third-order valence-electron chi connectivity index (χ3n) is 3.94. The van der Waals surface area contributed by atoms with E-state index in [1.54, 1.807) is 0 Å². The first kappa shape index (κ1) is 9.32. The maximum Gasteiger partial charge on any atom is 0.114 e. The van der Waals surface area contributed by atoms with Crippen LogP contribution in [-0.2, 0) is 25.7 Å². The van der Waals surface area contributed by atoms with Crippen molar-refractivity contribution in [2.24, 2.45) is 0 Å². The maximum absolute atomic E-state index is 6.28. The number of nitrogens with one attached hydrogen (secondary N) is 1. The second-order valence-corrected chi connectivity index (χ2v) is 4.66. The summed E-state index contributed by atoms with van der Waals surface area (Å²) < 4.78 is 0. The van der Waals surface area contributed by atoms with Gasteiger partial charge in [-0.3, -0.25) is 0 Å². The molecule has 0 atom stereocenters. The summed E-state index contributed by atoms with van der Waals surface area (Å²) in [5.41, 5.74) is 8.43. The van der Waals surface area contributed by atoms with Crippen LogP contribution < -0.4 is 10.8 Å². The number of hydrogen-bond acceptors (Lipinski definition) is 1. The first-order chi connectivity index (χ1) is 7.33. The molecular formula is C13H16BN. The molecule has 0 aliphatic heterocycles. The molecule has 0 aromatic heterocycles. The van der Waals surface area contributed by atoms with Crippen molar-refractivity contribution >= 4 is 19.0 Å². The third kappa shape index (κ3) is 1.17. The standard InChI is InChI=1S/C13H16BN/c1-15-13-10-6-2-4-8(10)12(14)9-5-3-7-11(9)13/h15H,2-7H2,1H3. The van der Waals surface area contributed by atoms with Crippen molar-refractivity contribution in [3.8, 4) is 0 Å². The topological polar surface area (TPSA) is 12.0 Å². The fraction of sp³-hybridized carbons (Fsp3) is 0.538. The predicted octanol–water partition coefficient (Wildman–Crippen LogP) is 1.50. The normalized spacial score (nSPS) is 17.7. The van der Waals surface area contributed by atoms with Gasteiger partial charge in [-0.05, 0) is 60.8 Å². The van der Waals surface area contributed by atoms with Crippen LogP contribution in [0.25, 0.3) is 0 Å². The van der Waals surface area contributed by atoms with E-state index in [1.165, 1.54) is 66.5 Å². The summed E-state index contributed by atoms with van der Waals surface area (Å²) >= 11 is 0. The molecule has 1 aromatic carbocycles. The zero-order valence-electron chi connectivity index (χ0n) is 9.32. The molecule has 0 saturated carbocycles. The summed E-state index contributed by atoms with van der Waals surface area (Å²) in [4.78, 5) is 0. The average Bonchev–Trinajstić information content (AvgIpc) is 2.85. The molecule has 1 N–H and O–H groups in total. The molecule has 0 spiro atoms. The quantitative estimate of drug-likeness (QED) is 0.672. The molecule has 0 unspecified atom stereocenters. The van der Waals surface area contributed by atoms with E-state index in [2.05, 4.69) is 5.32 Å². The van der Waals surface area contributed by atoms with Crippen LogP contribution >= 0.6 is 0 Å². The Balaban J connectivity index is 2.31. The minimum Gasteiger partial charge on any atom is -0.388 e. The minimum atomic E-state index is 1.12. The van der Waals surface area contributed by atoms with E-state index >= 15 is 0 Å². The van der Waals surface area contributed by atoms with Gasteiger partial charge in [0, 0.05) is 12.7 Å².